The summed E-state index contributed by atoms with van der Waals surface area (Å²) in [6.07, 6.45) is 1.37. The van der Waals surface area contributed by atoms with Crippen LogP contribution >= 0.6 is 15.9 Å². The van der Waals surface area contributed by atoms with E-state index in [1.807, 2.05) is 0 Å². The van der Waals surface area contributed by atoms with Gasteiger partial charge in [0, 0.05) is 12.1 Å². The van der Waals surface area contributed by atoms with Crippen LogP contribution in [0.4, 0.5) is 10.1 Å². The molecule has 3 rings (SSSR count). The molecule has 0 radical (unpaired) electrons. The second-order valence-electron chi connectivity index (χ2n) is 6.42. The van der Waals surface area contributed by atoms with Crippen LogP contribution in [-0.4, -0.2) is 29.6 Å². The van der Waals surface area contributed by atoms with Crippen molar-refractivity contribution in [2.45, 2.75) is 0 Å². The minimum atomic E-state index is -0.692. The van der Waals surface area contributed by atoms with Crippen LogP contribution in [0.5, 0.6) is 11.5 Å². The number of benzene rings is 3. The van der Waals surface area contributed by atoms with Gasteiger partial charge in [0.15, 0.2) is 6.61 Å². The SMILES string of the molecule is O=C(COc1ccc([N+](=O)[O-])cc1Br)N/N=C\c1ccc(OC(=O)c2cccc(F)c2)cc1. The molecule has 3 aromatic carbocycles. The molecular formula is C22H15BrFN3O6. The maximum absolute atomic E-state index is 13.2. The standard InChI is InChI=1S/C22H15BrFN3O6/c23-19-11-17(27(30)31)6-9-20(19)32-13-21(28)26-25-12-14-4-7-18(8-5-14)33-22(29)15-2-1-3-16(24)10-15/h1-12H,13H2,(H,26,28)/b25-12-. The highest BCUT2D eigenvalue weighted by Gasteiger charge is 2.11. The Kier molecular flexibility index (Phi) is 7.82. The highest BCUT2D eigenvalue weighted by molar-refractivity contribution is 9.10. The fraction of sp³-hybridized carbons (Fsp3) is 0.0455. The third-order valence-corrected chi connectivity index (χ3v) is 4.66. The first-order valence-corrected chi connectivity index (χ1v) is 10.1. The largest absolute Gasteiger partial charge is 0.483 e. The quantitative estimate of drug-likeness (QED) is 0.157. The molecule has 0 fully saturated rings. The molecule has 0 aliphatic heterocycles. The van der Waals surface area contributed by atoms with Crippen molar-refractivity contribution < 1.29 is 28.4 Å². The number of hydrazone groups is 1. The zero-order valence-corrected chi connectivity index (χ0v) is 18.3. The van der Waals surface area contributed by atoms with E-state index in [1.54, 1.807) is 12.1 Å². The van der Waals surface area contributed by atoms with Crippen molar-refractivity contribution in [3.63, 3.8) is 0 Å². The number of ether oxygens (including phenoxy) is 2. The molecule has 0 aliphatic carbocycles. The summed E-state index contributed by atoms with van der Waals surface area (Å²) in [4.78, 5) is 34.1. The third kappa shape index (κ3) is 6.94. The topological polar surface area (TPSA) is 120 Å². The number of nitrogens with zero attached hydrogens (tertiary/aromatic N) is 2. The average Bonchev–Trinajstić information content (AvgIpc) is 2.79. The molecular weight excluding hydrogens is 501 g/mol. The van der Waals surface area contributed by atoms with Gasteiger partial charge in [-0.2, -0.15) is 5.10 Å². The molecule has 168 valence electrons. The van der Waals surface area contributed by atoms with E-state index in [0.29, 0.717) is 10.0 Å². The molecule has 9 nitrogen and oxygen atoms in total. The lowest BCUT2D eigenvalue weighted by Crippen LogP contribution is -2.24. The second kappa shape index (κ2) is 11.0. The summed E-state index contributed by atoms with van der Waals surface area (Å²) in [5, 5.41) is 14.5. The number of hydrogen-bond acceptors (Lipinski definition) is 7. The van der Waals surface area contributed by atoms with Gasteiger partial charge in [0.25, 0.3) is 11.6 Å². The maximum atomic E-state index is 13.2. The minimum Gasteiger partial charge on any atom is -0.483 e. The van der Waals surface area contributed by atoms with Crippen molar-refractivity contribution in [2.24, 2.45) is 5.10 Å². The lowest BCUT2D eigenvalue weighted by Gasteiger charge is -2.07. The van der Waals surface area contributed by atoms with Gasteiger partial charge in [-0.15, -0.1) is 0 Å². The first-order valence-electron chi connectivity index (χ1n) is 9.28. The molecule has 0 bridgehead atoms. The van der Waals surface area contributed by atoms with Crippen molar-refractivity contribution in [1.29, 1.82) is 0 Å². The van der Waals surface area contributed by atoms with Crippen molar-refractivity contribution in [2.75, 3.05) is 6.61 Å². The summed E-state index contributed by atoms with van der Waals surface area (Å²) in [5.41, 5.74) is 2.87. The average molecular weight is 516 g/mol. The van der Waals surface area contributed by atoms with E-state index >= 15 is 0 Å². The molecule has 0 unspecified atom stereocenters. The van der Waals surface area contributed by atoms with E-state index in [1.165, 1.54) is 54.7 Å². The van der Waals surface area contributed by atoms with Crippen molar-refractivity contribution in [3.8, 4) is 11.5 Å². The Bertz CT molecular complexity index is 1220. The van der Waals surface area contributed by atoms with Crippen LogP contribution in [0.1, 0.15) is 15.9 Å². The van der Waals surface area contributed by atoms with Crippen molar-refractivity contribution in [1.82, 2.24) is 5.43 Å². The van der Waals surface area contributed by atoms with Crippen LogP contribution in [-0.2, 0) is 4.79 Å². The Balaban J connectivity index is 1.47. The molecule has 33 heavy (non-hydrogen) atoms. The molecule has 0 saturated heterocycles. The number of nitrogens with one attached hydrogen (secondary N) is 1. The Labute approximate surface area is 195 Å². The predicted molar refractivity (Wildman–Crippen MR) is 120 cm³/mol. The van der Waals surface area contributed by atoms with Crippen molar-refractivity contribution >= 4 is 39.7 Å². The van der Waals surface area contributed by atoms with Gasteiger partial charge >= 0.3 is 5.97 Å². The molecule has 0 spiro atoms. The van der Waals surface area contributed by atoms with Gasteiger partial charge in [0.2, 0.25) is 0 Å². The summed E-state index contributed by atoms with van der Waals surface area (Å²) in [6, 6.07) is 15.3. The van der Waals surface area contributed by atoms with Crippen LogP contribution in [0.2, 0.25) is 0 Å². The Morgan fingerprint density at radius 2 is 1.88 bits per heavy atom. The van der Waals surface area contributed by atoms with E-state index < -0.39 is 22.6 Å². The van der Waals surface area contributed by atoms with Gasteiger partial charge in [0.05, 0.1) is 21.2 Å². The number of amides is 1. The summed E-state index contributed by atoms with van der Waals surface area (Å²) in [7, 11) is 0. The van der Waals surface area contributed by atoms with Crippen molar-refractivity contribution in [3.05, 3.63) is 98.3 Å². The van der Waals surface area contributed by atoms with Gasteiger partial charge in [-0.25, -0.2) is 14.6 Å². The van der Waals surface area contributed by atoms with Crippen LogP contribution in [0.25, 0.3) is 0 Å². The lowest BCUT2D eigenvalue weighted by molar-refractivity contribution is -0.384. The van der Waals surface area contributed by atoms with E-state index in [0.717, 1.165) is 6.07 Å². The molecule has 11 heteroatoms. The van der Waals surface area contributed by atoms with Gasteiger partial charge in [0.1, 0.15) is 17.3 Å². The fourth-order valence-electron chi connectivity index (χ4n) is 2.48. The number of non-ortho nitro benzene ring substituents is 1. The normalized spacial score (nSPS) is 10.6. The highest BCUT2D eigenvalue weighted by atomic mass is 79.9. The van der Waals surface area contributed by atoms with Gasteiger partial charge < -0.3 is 9.47 Å². The van der Waals surface area contributed by atoms with Gasteiger partial charge in [-0.1, -0.05) is 6.07 Å². The Hall–Kier alpha value is -4.12. The Morgan fingerprint density at radius 3 is 2.55 bits per heavy atom. The molecule has 3 aromatic rings. The molecule has 0 aromatic heterocycles. The second-order valence-corrected chi connectivity index (χ2v) is 7.28. The summed E-state index contributed by atoms with van der Waals surface area (Å²) < 4.78 is 24.0. The maximum Gasteiger partial charge on any atom is 0.343 e. The van der Waals surface area contributed by atoms with Crippen LogP contribution in [0, 0.1) is 15.9 Å². The van der Waals surface area contributed by atoms with E-state index in [-0.39, 0.29) is 29.4 Å². The zero-order valence-electron chi connectivity index (χ0n) is 16.7. The molecule has 0 aliphatic rings. The molecule has 1 amide bonds. The highest BCUT2D eigenvalue weighted by Crippen LogP contribution is 2.28. The van der Waals surface area contributed by atoms with Crippen LogP contribution in [0.3, 0.4) is 0 Å². The third-order valence-electron chi connectivity index (χ3n) is 4.04. The molecule has 1 N–H and O–H groups in total. The van der Waals surface area contributed by atoms with E-state index in [9.17, 15) is 24.1 Å². The fourth-order valence-corrected chi connectivity index (χ4v) is 2.96. The number of halogens is 2. The number of carbonyl (C=O) groups excluding carboxylic acids is 2. The molecule has 0 atom stereocenters. The number of hydrogen-bond donors (Lipinski definition) is 1. The van der Waals surface area contributed by atoms with Gasteiger partial charge in [-0.3, -0.25) is 14.9 Å². The van der Waals surface area contributed by atoms with E-state index in [4.69, 9.17) is 9.47 Å². The zero-order chi connectivity index (χ0) is 23.8. The smallest absolute Gasteiger partial charge is 0.343 e. The first kappa shape index (κ1) is 23.5. The van der Waals surface area contributed by atoms with Gasteiger partial charge in [-0.05, 0) is 70.0 Å². The summed E-state index contributed by atoms with van der Waals surface area (Å²) in [5.74, 6) is -1.25. The summed E-state index contributed by atoms with van der Waals surface area (Å²) >= 11 is 3.15. The van der Waals surface area contributed by atoms with Crippen LogP contribution in [0.15, 0.2) is 76.3 Å². The lowest BCUT2D eigenvalue weighted by atomic mass is 10.2. The number of nitro benzene ring substituents is 1. The first-order chi connectivity index (χ1) is 15.8. The number of rotatable bonds is 8. The number of esters is 1. The monoisotopic (exact) mass is 515 g/mol. The number of carbonyl (C=O) groups is 2. The van der Waals surface area contributed by atoms with Crippen LogP contribution < -0.4 is 14.9 Å². The number of nitro groups is 1. The molecule has 0 saturated carbocycles. The summed E-state index contributed by atoms with van der Waals surface area (Å²) in [6.45, 7) is -0.358. The predicted octanol–water partition coefficient (Wildman–Crippen LogP) is 4.24. The Morgan fingerprint density at radius 1 is 1.12 bits per heavy atom. The minimum absolute atomic E-state index is 0.0892. The van der Waals surface area contributed by atoms with E-state index in [2.05, 4.69) is 26.5 Å². The molecule has 0 heterocycles.